The summed E-state index contributed by atoms with van der Waals surface area (Å²) in [6.45, 7) is 8.27. The van der Waals surface area contributed by atoms with E-state index < -0.39 is 0 Å². The Morgan fingerprint density at radius 3 is 2.93 bits per heavy atom. The van der Waals surface area contributed by atoms with Crippen LogP contribution in [-0.4, -0.2) is 53.7 Å². The lowest BCUT2D eigenvalue weighted by Gasteiger charge is -2.24. The van der Waals surface area contributed by atoms with E-state index in [1.165, 1.54) is 19.4 Å². The molecule has 2 aromatic rings. The highest BCUT2D eigenvalue weighted by Gasteiger charge is 2.22. The molecule has 0 spiro atoms. The smallest absolute Gasteiger partial charge is 0.257 e. The molecule has 8 heteroatoms. The van der Waals surface area contributed by atoms with Gasteiger partial charge in [-0.2, -0.15) is 4.98 Å². The molecule has 7 nitrogen and oxygen atoms in total. The highest BCUT2D eigenvalue weighted by atomic mass is 127. The molecule has 1 aliphatic heterocycles. The number of halogens is 1. The van der Waals surface area contributed by atoms with Gasteiger partial charge in [0.2, 0.25) is 0 Å². The third-order valence-corrected chi connectivity index (χ3v) is 5.21. The Hall–Kier alpha value is -1.68. The zero-order valence-electron chi connectivity index (χ0n) is 17.6. The predicted molar refractivity (Wildman–Crippen MR) is 128 cm³/mol. The van der Waals surface area contributed by atoms with Crippen LogP contribution in [0, 0.1) is 0 Å². The molecule has 1 aromatic carbocycles. The molecule has 0 bridgehead atoms. The van der Waals surface area contributed by atoms with E-state index in [1.807, 2.05) is 19.2 Å². The SMILES string of the molecule is CCCc1noc(-c2cccc(CNC(=NC)NCC3CCCN3CC)c2)n1.I. The van der Waals surface area contributed by atoms with Crippen molar-refractivity contribution in [1.29, 1.82) is 0 Å². The van der Waals surface area contributed by atoms with Gasteiger partial charge in [-0.25, -0.2) is 0 Å². The number of hydrogen-bond acceptors (Lipinski definition) is 5. The van der Waals surface area contributed by atoms with Crippen molar-refractivity contribution in [2.24, 2.45) is 4.99 Å². The fraction of sp³-hybridized carbons (Fsp3) is 0.571. The van der Waals surface area contributed by atoms with E-state index in [4.69, 9.17) is 4.52 Å². The molecule has 1 aromatic heterocycles. The zero-order chi connectivity index (χ0) is 19.8. The number of nitrogens with one attached hydrogen (secondary N) is 2. The van der Waals surface area contributed by atoms with Gasteiger partial charge >= 0.3 is 0 Å². The number of aryl methyl sites for hydroxylation is 1. The first-order chi connectivity index (χ1) is 13.7. The minimum absolute atomic E-state index is 0. The summed E-state index contributed by atoms with van der Waals surface area (Å²) in [5, 5.41) is 10.9. The number of likely N-dealkylation sites (tertiary alicyclic amines) is 1. The van der Waals surface area contributed by atoms with Gasteiger partial charge in [-0.05, 0) is 50.0 Å². The number of guanidine groups is 1. The lowest BCUT2D eigenvalue weighted by atomic mass is 10.1. The summed E-state index contributed by atoms with van der Waals surface area (Å²) < 4.78 is 5.40. The molecule has 1 saturated heterocycles. The summed E-state index contributed by atoms with van der Waals surface area (Å²) in [6.07, 6.45) is 4.38. The minimum Gasteiger partial charge on any atom is -0.355 e. The highest BCUT2D eigenvalue weighted by molar-refractivity contribution is 14.0. The van der Waals surface area contributed by atoms with Crippen LogP contribution in [-0.2, 0) is 13.0 Å². The minimum atomic E-state index is 0. The fourth-order valence-corrected chi connectivity index (χ4v) is 3.67. The van der Waals surface area contributed by atoms with Crippen LogP contribution in [0.3, 0.4) is 0 Å². The van der Waals surface area contributed by atoms with Crippen molar-refractivity contribution in [3.63, 3.8) is 0 Å². The highest BCUT2D eigenvalue weighted by Crippen LogP contribution is 2.19. The molecule has 1 unspecified atom stereocenters. The molecule has 3 rings (SSSR count). The number of benzene rings is 1. The maximum Gasteiger partial charge on any atom is 0.257 e. The molecule has 1 atom stereocenters. The van der Waals surface area contributed by atoms with Gasteiger partial charge < -0.3 is 15.2 Å². The van der Waals surface area contributed by atoms with Gasteiger partial charge in [-0.15, -0.1) is 24.0 Å². The van der Waals surface area contributed by atoms with E-state index in [0.29, 0.717) is 18.5 Å². The number of nitrogens with zero attached hydrogens (tertiary/aromatic N) is 4. The number of aliphatic imine (C=N–C) groups is 1. The Bertz CT molecular complexity index is 778. The van der Waals surface area contributed by atoms with Gasteiger partial charge in [0.05, 0.1) is 0 Å². The Labute approximate surface area is 190 Å². The van der Waals surface area contributed by atoms with Crippen LogP contribution >= 0.6 is 24.0 Å². The van der Waals surface area contributed by atoms with Crippen molar-refractivity contribution in [2.45, 2.75) is 52.1 Å². The summed E-state index contributed by atoms with van der Waals surface area (Å²) in [5.74, 6) is 2.17. The van der Waals surface area contributed by atoms with Gasteiger partial charge in [-0.1, -0.05) is 31.1 Å². The topological polar surface area (TPSA) is 78.6 Å². The first-order valence-electron chi connectivity index (χ1n) is 10.3. The Kier molecular flexibility index (Phi) is 9.86. The summed E-state index contributed by atoms with van der Waals surface area (Å²) >= 11 is 0. The molecule has 0 saturated carbocycles. The second-order valence-electron chi connectivity index (χ2n) is 7.20. The summed E-state index contributed by atoms with van der Waals surface area (Å²) in [6, 6.07) is 8.78. The Morgan fingerprint density at radius 2 is 2.17 bits per heavy atom. The van der Waals surface area contributed by atoms with E-state index >= 15 is 0 Å². The Morgan fingerprint density at radius 1 is 1.31 bits per heavy atom. The summed E-state index contributed by atoms with van der Waals surface area (Å²) in [4.78, 5) is 11.4. The van der Waals surface area contributed by atoms with Crippen molar-refractivity contribution in [3.05, 3.63) is 35.7 Å². The van der Waals surface area contributed by atoms with Gasteiger partial charge in [0.25, 0.3) is 5.89 Å². The second-order valence-corrected chi connectivity index (χ2v) is 7.20. The van der Waals surface area contributed by atoms with Crippen LogP contribution in [0.15, 0.2) is 33.8 Å². The lowest BCUT2D eigenvalue weighted by Crippen LogP contribution is -2.44. The molecule has 0 amide bonds. The molecule has 160 valence electrons. The standard InChI is InChI=1S/C21H32N6O.HI/c1-4-8-19-25-20(28-26-19)17-10-6-9-16(13-17)14-23-21(22-3)24-15-18-11-7-12-27(18)5-2;/h6,9-10,13,18H,4-5,7-8,11-12,14-15H2,1-3H3,(H2,22,23,24);1H. The molecule has 2 heterocycles. The lowest BCUT2D eigenvalue weighted by molar-refractivity contribution is 0.267. The van der Waals surface area contributed by atoms with Crippen molar-refractivity contribution in [3.8, 4) is 11.5 Å². The number of hydrogen-bond donors (Lipinski definition) is 2. The normalized spacial score (nSPS) is 17.2. The van der Waals surface area contributed by atoms with E-state index in [2.05, 4.69) is 56.6 Å². The molecule has 0 radical (unpaired) electrons. The second kappa shape index (κ2) is 12.1. The third-order valence-electron chi connectivity index (χ3n) is 5.21. The van der Waals surface area contributed by atoms with Crippen LogP contribution in [0.2, 0.25) is 0 Å². The van der Waals surface area contributed by atoms with Gasteiger partial charge in [0.15, 0.2) is 11.8 Å². The van der Waals surface area contributed by atoms with Gasteiger partial charge in [0, 0.05) is 38.2 Å². The van der Waals surface area contributed by atoms with E-state index in [1.54, 1.807) is 0 Å². The average Bonchev–Trinajstić information content (AvgIpc) is 3.38. The quantitative estimate of drug-likeness (QED) is 0.321. The summed E-state index contributed by atoms with van der Waals surface area (Å²) in [7, 11) is 1.81. The van der Waals surface area contributed by atoms with Crippen molar-refractivity contribution in [1.82, 2.24) is 25.7 Å². The zero-order valence-corrected chi connectivity index (χ0v) is 20.0. The Balaban J connectivity index is 0.00000300. The van der Waals surface area contributed by atoms with Crippen LogP contribution in [0.5, 0.6) is 0 Å². The van der Waals surface area contributed by atoms with Crippen molar-refractivity contribution >= 4 is 29.9 Å². The molecule has 1 aliphatic rings. The predicted octanol–water partition coefficient (Wildman–Crippen LogP) is 3.46. The van der Waals surface area contributed by atoms with Gasteiger partial charge in [0.1, 0.15) is 0 Å². The first kappa shape index (κ1) is 23.6. The van der Waals surface area contributed by atoms with Crippen molar-refractivity contribution < 1.29 is 4.52 Å². The molecule has 2 N–H and O–H groups in total. The molecule has 1 fully saturated rings. The van der Waals surface area contributed by atoms with Crippen LogP contribution in [0.1, 0.15) is 44.5 Å². The van der Waals surface area contributed by atoms with E-state index in [0.717, 1.165) is 48.8 Å². The number of aromatic nitrogens is 2. The average molecular weight is 512 g/mol. The van der Waals surface area contributed by atoms with E-state index in [-0.39, 0.29) is 24.0 Å². The molecule has 0 aliphatic carbocycles. The van der Waals surface area contributed by atoms with Crippen LogP contribution in [0.4, 0.5) is 0 Å². The molecular weight excluding hydrogens is 479 g/mol. The van der Waals surface area contributed by atoms with Crippen LogP contribution < -0.4 is 10.6 Å². The van der Waals surface area contributed by atoms with Crippen LogP contribution in [0.25, 0.3) is 11.5 Å². The maximum atomic E-state index is 5.40. The summed E-state index contributed by atoms with van der Waals surface area (Å²) in [5.41, 5.74) is 2.09. The first-order valence-corrected chi connectivity index (χ1v) is 10.3. The largest absolute Gasteiger partial charge is 0.355 e. The number of likely N-dealkylation sites (N-methyl/N-ethyl adjacent to an activating group) is 1. The number of rotatable bonds is 8. The van der Waals surface area contributed by atoms with E-state index in [9.17, 15) is 0 Å². The van der Waals surface area contributed by atoms with Gasteiger partial charge in [-0.3, -0.25) is 9.89 Å². The maximum absolute atomic E-state index is 5.40. The molecule has 29 heavy (non-hydrogen) atoms. The van der Waals surface area contributed by atoms with Crippen molar-refractivity contribution in [2.75, 3.05) is 26.7 Å². The fourth-order valence-electron chi connectivity index (χ4n) is 3.67. The molecular formula is C21H33IN6O. The third kappa shape index (κ3) is 6.67. The monoisotopic (exact) mass is 512 g/mol.